The highest BCUT2D eigenvalue weighted by Gasteiger charge is 2.34. The molecule has 0 spiro atoms. The number of aliphatic hydroxyl groups excluding tert-OH is 1. The number of aromatic nitrogens is 2. The number of piperazine rings is 1. The Labute approximate surface area is 144 Å². The molecule has 2 fully saturated rings. The van der Waals surface area contributed by atoms with Gasteiger partial charge in [0.1, 0.15) is 0 Å². The van der Waals surface area contributed by atoms with Crippen LogP contribution >= 0.6 is 0 Å². The summed E-state index contributed by atoms with van der Waals surface area (Å²) in [5.41, 5.74) is 0. The first-order valence-corrected chi connectivity index (χ1v) is 9.22. The lowest BCUT2D eigenvalue weighted by molar-refractivity contribution is 0.0593. The SMILES string of the molecule is CC(C)c1nc(N2CCN(C3CCN(C)CC3)[C@@H](CCO)C2)no1. The van der Waals surface area contributed by atoms with Crippen molar-refractivity contribution in [2.24, 2.45) is 0 Å². The van der Waals surface area contributed by atoms with Crippen LogP contribution in [0.5, 0.6) is 0 Å². The maximum Gasteiger partial charge on any atom is 0.266 e. The molecule has 0 unspecified atom stereocenters. The van der Waals surface area contributed by atoms with Crippen LogP contribution in [0.15, 0.2) is 4.52 Å². The first-order valence-electron chi connectivity index (χ1n) is 9.22. The molecule has 0 aliphatic carbocycles. The van der Waals surface area contributed by atoms with Gasteiger partial charge in [-0.1, -0.05) is 13.8 Å². The molecule has 1 N–H and O–H groups in total. The number of nitrogens with zero attached hydrogens (tertiary/aromatic N) is 5. The van der Waals surface area contributed by atoms with Crippen LogP contribution in [-0.4, -0.2) is 83.5 Å². The smallest absolute Gasteiger partial charge is 0.266 e. The minimum absolute atomic E-state index is 0.227. The highest BCUT2D eigenvalue weighted by Crippen LogP contribution is 2.25. The minimum Gasteiger partial charge on any atom is -0.396 e. The number of rotatable bonds is 5. The van der Waals surface area contributed by atoms with Gasteiger partial charge in [-0.25, -0.2) is 0 Å². The molecule has 3 heterocycles. The summed E-state index contributed by atoms with van der Waals surface area (Å²) in [7, 11) is 2.20. The molecule has 24 heavy (non-hydrogen) atoms. The van der Waals surface area contributed by atoms with Gasteiger partial charge in [0.15, 0.2) is 0 Å². The van der Waals surface area contributed by atoms with Crippen molar-refractivity contribution in [2.45, 2.75) is 51.1 Å². The molecule has 0 saturated carbocycles. The zero-order valence-corrected chi connectivity index (χ0v) is 15.2. The van der Waals surface area contributed by atoms with E-state index in [9.17, 15) is 5.11 Å². The van der Waals surface area contributed by atoms with Gasteiger partial charge in [-0.3, -0.25) is 4.90 Å². The average molecular weight is 337 g/mol. The zero-order valence-electron chi connectivity index (χ0n) is 15.2. The van der Waals surface area contributed by atoms with Gasteiger partial charge in [-0.05, 0) is 44.6 Å². The van der Waals surface area contributed by atoms with E-state index in [0.717, 1.165) is 26.1 Å². The van der Waals surface area contributed by atoms with Crippen molar-refractivity contribution in [1.29, 1.82) is 0 Å². The molecular weight excluding hydrogens is 306 g/mol. The van der Waals surface area contributed by atoms with Crippen molar-refractivity contribution < 1.29 is 9.63 Å². The van der Waals surface area contributed by atoms with Crippen molar-refractivity contribution in [3.63, 3.8) is 0 Å². The Morgan fingerprint density at radius 2 is 1.96 bits per heavy atom. The molecule has 2 saturated heterocycles. The first-order chi connectivity index (χ1) is 11.6. The molecule has 1 aromatic rings. The van der Waals surface area contributed by atoms with Crippen molar-refractivity contribution >= 4 is 5.95 Å². The maximum atomic E-state index is 9.51. The second kappa shape index (κ2) is 7.80. The van der Waals surface area contributed by atoms with Gasteiger partial charge < -0.3 is 19.4 Å². The number of anilines is 1. The van der Waals surface area contributed by atoms with Crippen molar-refractivity contribution in [3.8, 4) is 0 Å². The van der Waals surface area contributed by atoms with Crippen LogP contribution in [0.4, 0.5) is 5.95 Å². The fourth-order valence-corrected chi connectivity index (χ4v) is 3.85. The van der Waals surface area contributed by atoms with Gasteiger partial charge in [0.25, 0.3) is 5.95 Å². The van der Waals surface area contributed by atoms with E-state index in [4.69, 9.17) is 4.52 Å². The summed E-state index contributed by atoms with van der Waals surface area (Å²) < 4.78 is 5.36. The third-order valence-electron chi connectivity index (χ3n) is 5.36. The summed E-state index contributed by atoms with van der Waals surface area (Å²) >= 11 is 0. The predicted octanol–water partition coefficient (Wildman–Crippen LogP) is 1.16. The first kappa shape index (κ1) is 17.6. The van der Waals surface area contributed by atoms with Crippen LogP contribution in [0, 0.1) is 0 Å². The molecule has 2 aliphatic heterocycles. The standard InChI is InChI=1S/C17H31N5O2/c1-13(2)16-18-17(19-24-16)21-9-10-22(15(12-21)6-11-23)14-4-7-20(3)8-5-14/h13-15,23H,4-12H2,1-3H3/t15-/m0/s1. The van der Waals surface area contributed by atoms with Gasteiger partial charge in [-0.15, -0.1) is 0 Å². The number of likely N-dealkylation sites (tertiary alicyclic amines) is 1. The van der Waals surface area contributed by atoms with E-state index in [2.05, 4.69) is 45.7 Å². The molecule has 0 aromatic carbocycles. The lowest BCUT2D eigenvalue weighted by atomic mass is 9.98. The largest absolute Gasteiger partial charge is 0.396 e. The lowest BCUT2D eigenvalue weighted by Crippen LogP contribution is -2.58. The lowest BCUT2D eigenvalue weighted by Gasteiger charge is -2.47. The fourth-order valence-electron chi connectivity index (χ4n) is 3.85. The molecule has 7 nitrogen and oxygen atoms in total. The zero-order chi connectivity index (χ0) is 17.1. The second-order valence-electron chi connectivity index (χ2n) is 7.47. The van der Waals surface area contributed by atoms with Crippen LogP contribution in [0.1, 0.15) is 44.9 Å². The summed E-state index contributed by atoms with van der Waals surface area (Å²) in [5, 5.41) is 13.7. The van der Waals surface area contributed by atoms with Gasteiger partial charge >= 0.3 is 0 Å². The summed E-state index contributed by atoms with van der Waals surface area (Å²) in [4.78, 5) is 11.8. The Morgan fingerprint density at radius 3 is 2.58 bits per heavy atom. The topological polar surface area (TPSA) is 68.9 Å². The number of piperidine rings is 1. The van der Waals surface area contributed by atoms with E-state index in [1.54, 1.807) is 0 Å². The summed E-state index contributed by atoms with van der Waals surface area (Å²) in [6, 6.07) is 0.995. The van der Waals surface area contributed by atoms with Gasteiger partial charge in [0, 0.05) is 44.2 Å². The van der Waals surface area contributed by atoms with Gasteiger partial charge in [0.2, 0.25) is 5.89 Å². The maximum absolute atomic E-state index is 9.51. The van der Waals surface area contributed by atoms with Crippen LogP contribution in [0.3, 0.4) is 0 Å². The van der Waals surface area contributed by atoms with Crippen molar-refractivity contribution in [1.82, 2.24) is 19.9 Å². The molecule has 0 amide bonds. The second-order valence-corrected chi connectivity index (χ2v) is 7.47. The van der Waals surface area contributed by atoms with Crippen molar-refractivity contribution in [3.05, 3.63) is 5.89 Å². The van der Waals surface area contributed by atoms with Crippen LogP contribution < -0.4 is 4.90 Å². The predicted molar refractivity (Wildman–Crippen MR) is 93.3 cm³/mol. The Morgan fingerprint density at radius 1 is 1.21 bits per heavy atom. The van der Waals surface area contributed by atoms with Gasteiger partial charge in [0.05, 0.1) is 0 Å². The van der Waals surface area contributed by atoms with E-state index in [0.29, 0.717) is 23.9 Å². The minimum atomic E-state index is 0.227. The molecule has 0 bridgehead atoms. The number of hydrogen-bond donors (Lipinski definition) is 1. The highest BCUT2D eigenvalue weighted by atomic mass is 16.5. The number of aliphatic hydroxyl groups is 1. The van der Waals surface area contributed by atoms with E-state index in [1.807, 2.05) is 0 Å². The third kappa shape index (κ3) is 3.90. The Balaban J connectivity index is 1.66. The van der Waals surface area contributed by atoms with Crippen LogP contribution in [0.2, 0.25) is 0 Å². The molecule has 1 atom stereocenters. The van der Waals surface area contributed by atoms with E-state index < -0.39 is 0 Å². The van der Waals surface area contributed by atoms with Gasteiger partial charge in [-0.2, -0.15) is 4.98 Å². The quantitative estimate of drug-likeness (QED) is 0.864. The van der Waals surface area contributed by atoms with Crippen molar-refractivity contribution in [2.75, 3.05) is 51.3 Å². The molecule has 1 aromatic heterocycles. The molecule has 3 rings (SSSR count). The molecule has 0 radical (unpaired) electrons. The third-order valence-corrected chi connectivity index (χ3v) is 5.36. The van der Waals surface area contributed by atoms with E-state index in [1.165, 1.54) is 25.9 Å². The summed E-state index contributed by atoms with van der Waals surface area (Å²) in [6.45, 7) is 9.47. The molecule has 2 aliphatic rings. The molecule has 136 valence electrons. The Hall–Kier alpha value is -1.18. The van der Waals surface area contributed by atoms with E-state index in [-0.39, 0.29) is 12.5 Å². The highest BCUT2D eigenvalue weighted by molar-refractivity contribution is 5.30. The monoisotopic (exact) mass is 337 g/mol. The Bertz CT molecular complexity index is 513. The average Bonchev–Trinajstić information content (AvgIpc) is 3.06. The Kier molecular flexibility index (Phi) is 5.73. The van der Waals surface area contributed by atoms with Crippen LogP contribution in [0.25, 0.3) is 0 Å². The fraction of sp³-hybridized carbons (Fsp3) is 0.882. The molecule has 7 heteroatoms. The normalized spacial score (nSPS) is 24.9. The summed E-state index contributed by atoms with van der Waals surface area (Å²) in [5.74, 6) is 1.64. The van der Waals surface area contributed by atoms with Crippen LogP contribution in [-0.2, 0) is 0 Å². The van der Waals surface area contributed by atoms with E-state index >= 15 is 0 Å². The molecular formula is C17H31N5O2. The number of hydrogen-bond acceptors (Lipinski definition) is 7. The summed E-state index contributed by atoms with van der Waals surface area (Å²) in [6.07, 6.45) is 3.24.